The molecule has 1 aromatic heterocycles. The monoisotopic (exact) mass is 243 g/mol. The standard InChI is InChI=1S/C9H13N3O3S/c1-5-6(2)16-9(11-5)12-8(15)10-4-3-7(13)14/h3-4H2,1-2H3,(H,13,14)(H2,10,11,12,15). The predicted octanol–water partition coefficient (Wildman–Crippen LogP) is 1.36. The predicted molar refractivity (Wildman–Crippen MR) is 60.9 cm³/mol. The highest BCUT2D eigenvalue weighted by Crippen LogP contribution is 2.20. The van der Waals surface area contributed by atoms with E-state index in [2.05, 4.69) is 15.6 Å². The number of hydrogen-bond donors (Lipinski definition) is 3. The van der Waals surface area contributed by atoms with Crippen molar-refractivity contribution < 1.29 is 14.7 Å². The van der Waals surface area contributed by atoms with E-state index >= 15 is 0 Å². The van der Waals surface area contributed by atoms with E-state index in [1.54, 1.807) is 0 Å². The second kappa shape index (κ2) is 5.45. The zero-order valence-corrected chi connectivity index (χ0v) is 9.85. The molecular formula is C9H13N3O3S. The Labute approximate surface area is 96.7 Å². The van der Waals surface area contributed by atoms with E-state index in [9.17, 15) is 9.59 Å². The number of aromatic nitrogens is 1. The molecule has 7 heteroatoms. The minimum atomic E-state index is -0.943. The number of hydrogen-bond acceptors (Lipinski definition) is 4. The Morgan fingerprint density at radius 2 is 2.12 bits per heavy atom. The van der Waals surface area contributed by atoms with Gasteiger partial charge in [-0.3, -0.25) is 10.1 Å². The lowest BCUT2D eigenvalue weighted by atomic mass is 10.4. The molecule has 3 N–H and O–H groups in total. The lowest BCUT2D eigenvalue weighted by Gasteiger charge is -2.02. The molecule has 0 aliphatic carbocycles. The quantitative estimate of drug-likeness (QED) is 0.744. The van der Waals surface area contributed by atoms with E-state index in [-0.39, 0.29) is 13.0 Å². The highest BCUT2D eigenvalue weighted by molar-refractivity contribution is 7.15. The summed E-state index contributed by atoms with van der Waals surface area (Å²) >= 11 is 1.38. The molecule has 6 nitrogen and oxygen atoms in total. The first kappa shape index (κ1) is 12.4. The van der Waals surface area contributed by atoms with Gasteiger partial charge in [-0.25, -0.2) is 9.78 Å². The van der Waals surface area contributed by atoms with Crippen LogP contribution in [-0.2, 0) is 4.79 Å². The maximum absolute atomic E-state index is 11.3. The number of aryl methyl sites for hydroxylation is 2. The van der Waals surface area contributed by atoms with Crippen molar-refractivity contribution in [1.82, 2.24) is 10.3 Å². The van der Waals surface area contributed by atoms with Crippen LogP contribution in [0.4, 0.5) is 9.93 Å². The molecule has 88 valence electrons. The number of nitrogens with one attached hydrogen (secondary N) is 2. The zero-order valence-electron chi connectivity index (χ0n) is 9.03. The SMILES string of the molecule is Cc1nc(NC(=O)NCCC(=O)O)sc1C. The fourth-order valence-electron chi connectivity index (χ4n) is 0.950. The van der Waals surface area contributed by atoms with Gasteiger partial charge in [-0.1, -0.05) is 0 Å². The summed E-state index contributed by atoms with van der Waals surface area (Å²) in [6.45, 7) is 3.88. The molecule has 0 unspecified atom stereocenters. The van der Waals surface area contributed by atoms with Crippen molar-refractivity contribution in [3.8, 4) is 0 Å². The highest BCUT2D eigenvalue weighted by atomic mass is 32.1. The Morgan fingerprint density at radius 1 is 1.44 bits per heavy atom. The van der Waals surface area contributed by atoms with Gasteiger partial charge in [-0.05, 0) is 13.8 Å². The molecule has 0 atom stereocenters. The minimum absolute atomic E-state index is 0.0939. The number of rotatable bonds is 4. The van der Waals surface area contributed by atoms with E-state index in [0.29, 0.717) is 5.13 Å². The number of anilines is 1. The van der Waals surface area contributed by atoms with Gasteiger partial charge in [0.25, 0.3) is 0 Å². The summed E-state index contributed by atoms with van der Waals surface area (Å²) in [5.74, 6) is -0.943. The Bertz CT molecular complexity index is 383. The lowest BCUT2D eigenvalue weighted by Crippen LogP contribution is -2.30. The van der Waals surface area contributed by atoms with Crippen LogP contribution in [0.1, 0.15) is 17.0 Å². The maximum atomic E-state index is 11.3. The number of thiazole rings is 1. The number of carbonyl (C=O) groups excluding carboxylic acids is 1. The number of carboxylic acids is 1. The van der Waals surface area contributed by atoms with Crippen LogP contribution in [0.5, 0.6) is 0 Å². The smallest absolute Gasteiger partial charge is 0.321 e. The summed E-state index contributed by atoms with van der Waals surface area (Å²) in [7, 11) is 0. The van der Waals surface area contributed by atoms with Gasteiger partial charge in [0.05, 0.1) is 12.1 Å². The van der Waals surface area contributed by atoms with Crippen LogP contribution in [0, 0.1) is 13.8 Å². The van der Waals surface area contributed by atoms with Crippen molar-refractivity contribution in [2.24, 2.45) is 0 Å². The molecule has 0 aliphatic rings. The molecular weight excluding hydrogens is 230 g/mol. The molecule has 16 heavy (non-hydrogen) atoms. The van der Waals surface area contributed by atoms with Crippen molar-refractivity contribution in [2.45, 2.75) is 20.3 Å². The van der Waals surface area contributed by atoms with E-state index in [4.69, 9.17) is 5.11 Å². The second-order valence-electron chi connectivity index (χ2n) is 3.19. The summed E-state index contributed by atoms with van der Waals surface area (Å²) in [5.41, 5.74) is 0.880. The molecule has 1 rings (SSSR count). The molecule has 1 aromatic rings. The molecule has 0 aliphatic heterocycles. The van der Waals surface area contributed by atoms with Crippen LogP contribution in [0.15, 0.2) is 0 Å². The third-order valence-corrected chi connectivity index (χ3v) is 2.86. The largest absolute Gasteiger partial charge is 0.481 e. The summed E-state index contributed by atoms with van der Waals surface area (Å²) in [6, 6.07) is -0.435. The highest BCUT2D eigenvalue weighted by Gasteiger charge is 2.07. The van der Waals surface area contributed by atoms with E-state index in [1.807, 2.05) is 13.8 Å². The first-order valence-electron chi connectivity index (χ1n) is 4.69. The van der Waals surface area contributed by atoms with Gasteiger partial charge >= 0.3 is 12.0 Å². The molecule has 0 spiro atoms. The molecule has 2 amide bonds. The third kappa shape index (κ3) is 3.85. The average molecular weight is 243 g/mol. The van der Waals surface area contributed by atoms with Crippen LogP contribution in [0.25, 0.3) is 0 Å². The van der Waals surface area contributed by atoms with Gasteiger partial charge in [0.15, 0.2) is 5.13 Å². The van der Waals surface area contributed by atoms with Gasteiger partial charge in [-0.15, -0.1) is 11.3 Å². The van der Waals surface area contributed by atoms with E-state index < -0.39 is 12.0 Å². The molecule has 0 saturated carbocycles. The first-order chi connectivity index (χ1) is 7.49. The van der Waals surface area contributed by atoms with Crippen molar-refractivity contribution in [3.63, 3.8) is 0 Å². The van der Waals surface area contributed by atoms with Gasteiger partial charge in [0.2, 0.25) is 0 Å². The second-order valence-corrected chi connectivity index (χ2v) is 4.39. The molecule has 0 aromatic carbocycles. The van der Waals surface area contributed by atoms with Crippen molar-refractivity contribution in [3.05, 3.63) is 10.6 Å². The summed E-state index contributed by atoms with van der Waals surface area (Å²) in [5, 5.41) is 13.9. The Morgan fingerprint density at radius 3 is 2.62 bits per heavy atom. The van der Waals surface area contributed by atoms with Gasteiger partial charge < -0.3 is 10.4 Å². The topological polar surface area (TPSA) is 91.3 Å². The third-order valence-electron chi connectivity index (χ3n) is 1.87. The van der Waals surface area contributed by atoms with Crippen LogP contribution in [-0.4, -0.2) is 28.6 Å². The minimum Gasteiger partial charge on any atom is -0.481 e. The van der Waals surface area contributed by atoms with Crippen molar-refractivity contribution >= 4 is 28.5 Å². The van der Waals surface area contributed by atoms with Gasteiger partial charge in [0, 0.05) is 11.4 Å². The van der Waals surface area contributed by atoms with Gasteiger partial charge in [-0.2, -0.15) is 0 Å². The van der Waals surface area contributed by atoms with Crippen LogP contribution in [0.2, 0.25) is 0 Å². The normalized spacial score (nSPS) is 9.88. The Balaban J connectivity index is 2.37. The molecule has 0 fully saturated rings. The Hall–Kier alpha value is -1.63. The van der Waals surface area contributed by atoms with E-state index in [1.165, 1.54) is 11.3 Å². The number of carboxylic acid groups (broad SMARTS) is 1. The van der Waals surface area contributed by atoms with Crippen molar-refractivity contribution in [2.75, 3.05) is 11.9 Å². The number of aliphatic carboxylic acids is 1. The fourth-order valence-corrected chi connectivity index (χ4v) is 1.76. The first-order valence-corrected chi connectivity index (χ1v) is 5.51. The fraction of sp³-hybridized carbons (Fsp3) is 0.444. The number of amides is 2. The molecule has 1 heterocycles. The Kier molecular flexibility index (Phi) is 4.24. The van der Waals surface area contributed by atoms with Gasteiger partial charge in [0.1, 0.15) is 0 Å². The molecule has 0 radical (unpaired) electrons. The lowest BCUT2D eigenvalue weighted by molar-refractivity contribution is -0.136. The zero-order chi connectivity index (χ0) is 12.1. The number of nitrogens with zero attached hydrogens (tertiary/aromatic N) is 1. The molecule has 0 bridgehead atoms. The van der Waals surface area contributed by atoms with Crippen molar-refractivity contribution in [1.29, 1.82) is 0 Å². The van der Waals surface area contributed by atoms with Crippen LogP contribution >= 0.6 is 11.3 Å². The number of carbonyl (C=O) groups is 2. The van der Waals surface area contributed by atoms with Crippen LogP contribution in [0.3, 0.4) is 0 Å². The summed E-state index contributed by atoms with van der Waals surface area (Å²) in [4.78, 5) is 26.6. The summed E-state index contributed by atoms with van der Waals surface area (Å²) < 4.78 is 0. The van der Waals surface area contributed by atoms with E-state index in [0.717, 1.165) is 10.6 Å². The maximum Gasteiger partial charge on any atom is 0.321 e. The number of urea groups is 1. The molecule has 0 saturated heterocycles. The summed E-state index contributed by atoms with van der Waals surface area (Å²) in [6.07, 6.45) is -0.0939. The van der Waals surface area contributed by atoms with Crippen LogP contribution < -0.4 is 10.6 Å². The average Bonchev–Trinajstić information content (AvgIpc) is 2.44.